The summed E-state index contributed by atoms with van der Waals surface area (Å²) in [6.45, 7) is 2.61. The second-order valence-electron chi connectivity index (χ2n) is 7.64. The first-order valence-electron chi connectivity index (χ1n) is 10.5. The summed E-state index contributed by atoms with van der Waals surface area (Å²) in [7, 11) is 0. The van der Waals surface area contributed by atoms with Gasteiger partial charge in [-0.15, -0.1) is 0 Å². The van der Waals surface area contributed by atoms with Gasteiger partial charge in [-0.1, -0.05) is 24.3 Å². The Labute approximate surface area is 189 Å². The van der Waals surface area contributed by atoms with E-state index in [2.05, 4.69) is 5.32 Å². The van der Waals surface area contributed by atoms with Crippen LogP contribution < -0.4 is 19.5 Å². The SMILES string of the molecule is Cc1cccc(OCC(=O)Nc2c(C(=O)c3ccc4c(c3)OCCO4)oc3ccccc23)c1. The number of fused-ring (bicyclic) bond motifs is 2. The Morgan fingerprint density at radius 2 is 1.76 bits per heavy atom. The van der Waals surface area contributed by atoms with Crippen LogP contribution in [0.25, 0.3) is 11.0 Å². The fraction of sp³-hybridized carbons (Fsp3) is 0.154. The smallest absolute Gasteiger partial charge is 0.262 e. The highest BCUT2D eigenvalue weighted by atomic mass is 16.6. The fourth-order valence-electron chi connectivity index (χ4n) is 3.67. The third-order valence-electron chi connectivity index (χ3n) is 5.23. The summed E-state index contributed by atoms with van der Waals surface area (Å²) in [6.07, 6.45) is 0. The molecule has 0 saturated heterocycles. The molecule has 1 aromatic heterocycles. The third-order valence-corrected chi connectivity index (χ3v) is 5.23. The first kappa shape index (κ1) is 20.6. The van der Waals surface area contributed by atoms with Crippen molar-refractivity contribution in [3.8, 4) is 17.2 Å². The maximum atomic E-state index is 13.3. The Bertz CT molecular complexity index is 1360. The average Bonchev–Trinajstić information content (AvgIpc) is 3.20. The Hall–Kier alpha value is -4.26. The fourth-order valence-corrected chi connectivity index (χ4v) is 3.67. The zero-order valence-electron chi connectivity index (χ0n) is 17.9. The molecule has 166 valence electrons. The monoisotopic (exact) mass is 443 g/mol. The number of hydrogen-bond acceptors (Lipinski definition) is 6. The molecule has 0 bridgehead atoms. The standard InChI is InChI=1S/C26H21NO6/c1-16-5-4-6-18(13-16)32-15-23(28)27-24-19-7-2-3-8-20(19)33-26(24)25(29)17-9-10-21-22(14-17)31-12-11-30-21/h2-10,13-14H,11-12,15H2,1H3,(H,27,28). The van der Waals surface area contributed by atoms with Gasteiger partial charge in [0.25, 0.3) is 5.91 Å². The summed E-state index contributed by atoms with van der Waals surface area (Å²) in [4.78, 5) is 26.0. The summed E-state index contributed by atoms with van der Waals surface area (Å²) in [5.41, 5.74) is 2.20. The number of anilines is 1. The molecular formula is C26H21NO6. The summed E-state index contributed by atoms with van der Waals surface area (Å²) in [5.74, 6) is 0.938. The molecule has 7 heteroatoms. The van der Waals surface area contributed by atoms with E-state index < -0.39 is 5.91 Å². The zero-order valence-corrected chi connectivity index (χ0v) is 17.9. The van der Waals surface area contributed by atoms with Crippen molar-refractivity contribution in [2.75, 3.05) is 25.1 Å². The van der Waals surface area contributed by atoms with Crippen molar-refractivity contribution in [2.24, 2.45) is 0 Å². The molecule has 0 atom stereocenters. The molecule has 0 saturated carbocycles. The van der Waals surface area contributed by atoms with Gasteiger partial charge < -0.3 is 23.9 Å². The van der Waals surface area contributed by atoms with E-state index in [1.54, 1.807) is 42.5 Å². The van der Waals surface area contributed by atoms with Crippen molar-refractivity contribution in [3.63, 3.8) is 0 Å². The van der Waals surface area contributed by atoms with Gasteiger partial charge in [-0.05, 0) is 55.0 Å². The number of hydrogen-bond donors (Lipinski definition) is 1. The number of ether oxygens (including phenoxy) is 3. The number of benzene rings is 3. The van der Waals surface area contributed by atoms with Gasteiger partial charge in [-0.2, -0.15) is 0 Å². The minimum absolute atomic E-state index is 0.0387. The minimum atomic E-state index is -0.403. The zero-order chi connectivity index (χ0) is 22.8. The van der Waals surface area contributed by atoms with Crippen molar-refractivity contribution in [2.45, 2.75) is 6.92 Å². The number of carbonyl (C=O) groups excluding carboxylic acids is 2. The second-order valence-corrected chi connectivity index (χ2v) is 7.64. The Morgan fingerprint density at radius 1 is 0.939 bits per heavy atom. The van der Waals surface area contributed by atoms with Crippen LogP contribution in [0.3, 0.4) is 0 Å². The van der Waals surface area contributed by atoms with Crippen molar-refractivity contribution in [1.29, 1.82) is 0 Å². The number of ketones is 1. The van der Waals surface area contributed by atoms with E-state index in [4.69, 9.17) is 18.6 Å². The van der Waals surface area contributed by atoms with Gasteiger partial charge in [0.05, 0.1) is 5.69 Å². The summed E-state index contributed by atoms with van der Waals surface area (Å²) >= 11 is 0. The van der Waals surface area contributed by atoms with Crippen LogP contribution in [0.15, 0.2) is 71.1 Å². The molecule has 1 N–H and O–H groups in total. The van der Waals surface area contributed by atoms with Gasteiger partial charge in [0.15, 0.2) is 23.9 Å². The van der Waals surface area contributed by atoms with Crippen molar-refractivity contribution >= 4 is 28.3 Å². The molecule has 0 aliphatic carbocycles. The third kappa shape index (κ3) is 4.25. The largest absolute Gasteiger partial charge is 0.486 e. The molecule has 0 spiro atoms. The highest BCUT2D eigenvalue weighted by molar-refractivity contribution is 6.17. The number of furan rings is 1. The highest BCUT2D eigenvalue weighted by Crippen LogP contribution is 2.35. The van der Waals surface area contributed by atoms with Gasteiger partial charge in [-0.25, -0.2) is 0 Å². The lowest BCUT2D eigenvalue weighted by Crippen LogP contribution is -2.21. The number of aryl methyl sites for hydroxylation is 1. The van der Waals surface area contributed by atoms with Crippen LogP contribution in [0.2, 0.25) is 0 Å². The van der Waals surface area contributed by atoms with Gasteiger partial charge in [0.1, 0.15) is 24.5 Å². The second kappa shape index (κ2) is 8.70. The molecule has 4 aromatic rings. The molecule has 0 unspecified atom stereocenters. The first-order valence-corrected chi connectivity index (χ1v) is 10.5. The molecule has 1 aliphatic rings. The van der Waals surface area contributed by atoms with Crippen molar-refractivity contribution in [3.05, 3.63) is 83.6 Å². The Morgan fingerprint density at radius 3 is 2.61 bits per heavy atom. The molecule has 1 aliphatic heterocycles. The molecule has 7 nitrogen and oxygen atoms in total. The maximum Gasteiger partial charge on any atom is 0.262 e. The predicted molar refractivity (Wildman–Crippen MR) is 122 cm³/mol. The minimum Gasteiger partial charge on any atom is -0.486 e. The molecule has 33 heavy (non-hydrogen) atoms. The van der Waals surface area contributed by atoms with Crippen LogP contribution in [0.5, 0.6) is 17.2 Å². The number of carbonyl (C=O) groups is 2. The molecule has 2 heterocycles. The van der Waals surface area contributed by atoms with Crippen LogP contribution >= 0.6 is 0 Å². The van der Waals surface area contributed by atoms with Gasteiger partial charge >= 0.3 is 0 Å². The van der Waals surface area contributed by atoms with Crippen LogP contribution in [0.1, 0.15) is 21.7 Å². The normalized spacial score (nSPS) is 12.4. The summed E-state index contributed by atoms with van der Waals surface area (Å²) in [6, 6.07) is 19.5. The predicted octanol–water partition coefficient (Wildman–Crippen LogP) is 4.76. The number of para-hydroxylation sites is 1. The van der Waals surface area contributed by atoms with E-state index in [-0.39, 0.29) is 18.2 Å². The highest BCUT2D eigenvalue weighted by Gasteiger charge is 2.25. The number of amides is 1. The molecule has 0 radical (unpaired) electrons. The number of nitrogens with one attached hydrogen (secondary N) is 1. The van der Waals surface area contributed by atoms with Gasteiger partial charge in [0, 0.05) is 10.9 Å². The van der Waals surface area contributed by atoms with E-state index in [0.717, 1.165) is 5.56 Å². The van der Waals surface area contributed by atoms with Crippen LogP contribution in [-0.2, 0) is 4.79 Å². The number of rotatable bonds is 6. The molecule has 0 fully saturated rings. The average molecular weight is 443 g/mol. The van der Waals surface area contributed by atoms with E-state index in [9.17, 15) is 9.59 Å². The molecular weight excluding hydrogens is 422 g/mol. The summed E-state index contributed by atoms with van der Waals surface area (Å²) in [5, 5.41) is 3.42. The first-order chi connectivity index (χ1) is 16.1. The van der Waals surface area contributed by atoms with Crippen LogP contribution in [-0.4, -0.2) is 31.5 Å². The van der Waals surface area contributed by atoms with Crippen LogP contribution in [0.4, 0.5) is 5.69 Å². The maximum absolute atomic E-state index is 13.3. The van der Waals surface area contributed by atoms with Crippen LogP contribution in [0, 0.1) is 6.92 Å². The van der Waals surface area contributed by atoms with Crippen molar-refractivity contribution in [1.82, 2.24) is 0 Å². The lowest BCUT2D eigenvalue weighted by atomic mass is 10.1. The van der Waals surface area contributed by atoms with E-state index >= 15 is 0 Å². The van der Waals surface area contributed by atoms with E-state index in [0.29, 0.717) is 52.7 Å². The van der Waals surface area contributed by atoms with E-state index in [1.807, 2.05) is 31.2 Å². The van der Waals surface area contributed by atoms with Gasteiger partial charge in [-0.3, -0.25) is 9.59 Å². The van der Waals surface area contributed by atoms with Crippen molar-refractivity contribution < 1.29 is 28.2 Å². The Kier molecular flexibility index (Phi) is 5.44. The van der Waals surface area contributed by atoms with E-state index in [1.165, 1.54) is 0 Å². The topological polar surface area (TPSA) is 87.0 Å². The lowest BCUT2D eigenvalue weighted by molar-refractivity contribution is -0.118. The molecule has 3 aromatic carbocycles. The summed E-state index contributed by atoms with van der Waals surface area (Å²) < 4.78 is 22.6. The lowest BCUT2D eigenvalue weighted by Gasteiger charge is -2.18. The quantitative estimate of drug-likeness (QED) is 0.433. The van der Waals surface area contributed by atoms with Gasteiger partial charge in [0.2, 0.25) is 5.78 Å². The Balaban J connectivity index is 1.42. The molecule has 1 amide bonds. The molecule has 5 rings (SSSR count).